The van der Waals surface area contributed by atoms with Crippen LogP contribution in [0.2, 0.25) is 0 Å². The van der Waals surface area contributed by atoms with Crippen LogP contribution in [0.25, 0.3) is 0 Å². The second-order valence-corrected chi connectivity index (χ2v) is 5.86. The van der Waals surface area contributed by atoms with Crippen molar-refractivity contribution in [3.8, 4) is 5.75 Å². The molecule has 3 atom stereocenters. The SMILES string of the molecule is COc1ccc2c(c1)C(N)C(N1CCCC(OC)C1)C2. The van der Waals surface area contributed by atoms with E-state index >= 15 is 0 Å². The normalized spacial score (nSPS) is 30.2. The smallest absolute Gasteiger partial charge is 0.119 e. The lowest BCUT2D eigenvalue weighted by atomic mass is 10.0. The van der Waals surface area contributed by atoms with Gasteiger partial charge in [0.15, 0.2) is 0 Å². The molecule has 1 saturated heterocycles. The predicted molar refractivity (Wildman–Crippen MR) is 79.0 cm³/mol. The zero-order valence-corrected chi connectivity index (χ0v) is 12.3. The maximum Gasteiger partial charge on any atom is 0.119 e. The minimum atomic E-state index is 0.0794. The molecule has 1 aromatic rings. The fourth-order valence-electron chi connectivity index (χ4n) is 3.57. The first kappa shape index (κ1) is 13.9. The number of nitrogens with two attached hydrogens (primary N) is 1. The molecular weight excluding hydrogens is 252 g/mol. The molecule has 2 aliphatic rings. The van der Waals surface area contributed by atoms with Gasteiger partial charge >= 0.3 is 0 Å². The van der Waals surface area contributed by atoms with Crippen LogP contribution < -0.4 is 10.5 Å². The van der Waals surface area contributed by atoms with Crippen LogP contribution >= 0.6 is 0 Å². The van der Waals surface area contributed by atoms with Crippen molar-refractivity contribution in [3.63, 3.8) is 0 Å². The second kappa shape index (κ2) is 5.72. The Morgan fingerprint density at radius 3 is 2.90 bits per heavy atom. The summed E-state index contributed by atoms with van der Waals surface area (Å²) in [6.45, 7) is 2.13. The number of rotatable bonds is 3. The predicted octanol–water partition coefficient (Wildman–Crippen LogP) is 1.73. The Hall–Kier alpha value is -1.10. The molecule has 1 heterocycles. The van der Waals surface area contributed by atoms with E-state index in [0.29, 0.717) is 12.1 Å². The van der Waals surface area contributed by atoms with Gasteiger partial charge in [-0.25, -0.2) is 0 Å². The van der Waals surface area contributed by atoms with Crippen molar-refractivity contribution in [3.05, 3.63) is 29.3 Å². The first-order valence-electron chi connectivity index (χ1n) is 7.42. The first-order chi connectivity index (χ1) is 9.72. The minimum absolute atomic E-state index is 0.0794. The molecular formula is C16H24N2O2. The van der Waals surface area contributed by atoms with Gasteiger partial charge in [-0.3, -0.25) is 4.90 Å². The van der Waals surface area contributed by atoms with Gasteiger partial charge in [0, 0.05) is 25.7 Å². The monoisotopic (exact) mass is 276 g/mol. The molecule has 0 bridgehead atoms. The maximum atomic E-state index is 6.49. The highest BCUT2D eigenvalue weighted by atomic mass is 16.5. The molecule has 1 aliphatic carbocycles. The Morgan fingerprint density at radius 2 is 2.15 bits per heavy atom. The van der Waals surface area contributed by atoms with Crippen LogP contribution in [0.3, 0.4) is 0 Å². The van der Waals surface area contributed by atoms with Gasteiger partial charge in [0.25, 0.3) is 0 Å². The molecule has 0 saturated carbocycles. The summed E-state index contributed by atoms with van der Waals surface area (Å²) in [4.78, 5) is 2.51. The summed E-state index contributed by atoms with van der Waals surface area (Å²) in [5, 5.41) is 0. The highest BCUT2D eigenvalue weighted by Crippen LogP contribution is 2.36. The molecule has 1 aromatic carbocycles. The summed E-state index contributed by atoms with van der Waals surface area (Å²) in [6.07, 6.45) is 3.75. The van der Waals surface area contributed by atoms with E-state index in [-0.39, 0.29) is 6.04 Å². The molecule has 4 nitrogen and oxygen atoms in total. The quantitative estimate of drug-likeness (QED) is 0.913. The van der Waals surface area contributed by atoms with E-state index < -0.39 is 0 Å². The van der Waals surface area contributed by atoms with E-state index in [1.807, 2.05) is 13.2 Å². The van der Waals surface area contributed by atoms with E-state index in [0.717, 1.165) is 31.7 Å². The van der Waals surface area contributed by atoms with Crippen molar-refractivity contribution in [1.29, 1.82) is 0 Å². The van der Waals surface area contributed by atoms with Gasteiger partial charge in [-0.2, -0.15) is 0 Å². The zero-order chi connectivity index (χ0) is 14.1. The van der Waals surface area contributed by atoms with Crippen molar-refractivity contribution in [2.75, 3.05) is 27.3 Å². The lowest BCUT2D eigenvalue weighted by molar-refractivity contribution is 0.0119. The van der Waals surface area contributed by atoms with Crippen LogP contribution in [0, 0.1) is 0 Å². The molecule has 3 unspecified atom stereocenters. The van der Waals surface area contributed by atoms with Crippen molar-refractivity contribution < 1.29 is 9.47 Å². The number of hydrogen-bond acceptors (Lipinski definition) is 4. The van der Waals surface area contributed by atoms with E-state index in [1.165, 1.54) is 17.5 Å². The van der Waals surface area contributed by atoms with Crippen LogP contribution in [0.15, 0.2) is 18.2 Å². The number of methoxy groups -OCH3 is 2. The molecule has 3 rings (SSSR count). The third kappa shape index (κ3) is 2.43. The van der Waals surface area contributed by atoms with Crippen LogP contribution in [0.4, 0.5) is 0 Å². The Bertz CT molecular complexity index is 478. The number of fused-ring (bicyclic) bond motifs is 1. The van der Waals surface area contributed by atoms with Crippen molar-refractivity contribution in [2.24, 2.45) is 5.73 Å². The first-order valence-corrected chi connectivity index (χ1v) is 7.42. The molecule has 0 radical (unpaired) electrons. The Morgan fingerprint density at radius 1 is 1.30 bits per heavy atom. The fraction of sp³-hybridized carbons (Fsp3) is 0.625. The lowest BCUT2D eigenvalue weighted by Gasteiger charge is -2.37. The largest absolute Gasteiger partial charge is 0.497 e. The van der Waals surface area contributed by atoms with Gasteiger partial charge < -0.3 is 15.2 Å². The Balaban J connectivity index is 1.77. The van der Waals surface area contributed by atoms with Gasteiger partial charge in [0.2, 0.25) is 0 Å². The highest BCUT2D eigenvalue weighted by molar-refractivity contribution is 5.42. The van der Waals surface area contributed by atoms with Crippen LogP contribution in [-0.2, 0) is 11.2 Å². The molecule has 1 fully saturated rings. The number of piperidine rings is 1. The van der Waals surface area contributed by atoms with E-state index in [2.05, 4.69) is 17.0 Å². The molecule has 0 amide bonds. The Kier molecular flexibility index (Phi) is 3.96. The van der Waals surface area contributed by atoms with Gasteiger partial charge in [-0.1, -0.05) is 6.07 Å². The number of ether oxygens (including phenoxy) is 2. The molecule has 110 valence electrons. The fourth-order valence-corrected chi connectivity index (χ4v) is 3.57. The maximum absolute atomic E-state index is 6.49. The number of hydrogen-bond donors (Lipinski definition) is 1. The topological polar surface area (TPSA) is 47.7 Å². The van der Waals surface area contributed by atoms with Crippen molar-refractivity contribution >= 4 is 0 Å². The standard InChI is InChI=1S/C16H24N2O2/c1-19-12-6-5-11-8-15(16(17)14(11)9-12)18-7-3-4-13(10-18)20-2/h5-6,9,13,15-16H,3-4,7-8,10,17H2,1-2H3. The lowest BCUT2D eigenvalue weighted by Crippen LogP contribution is -2.48. The molecule has 1 aliphatic heterocycles. The molecule has 20 heavy (non-hydrogen) atoms. The van der Waals surface area contributed by atoms with Gasteiger partial charge in [-0.05, 0) is 49.1 Å². The third-order valence-corrected chi connectivity index (χ3v) is 4.77. The summed E-state index contributed by atoms with van der Waals surface area (Å²) in [5.74, 6) is 0.897. The summed E-state index contributed by atoms with van der Waals surface area (Å²) >= 11 is 0. The highest BCUT2D eigenvalue weighted by Gasteiger charge is 2.36. The molecule has 4 heteroatoms. The number of likely N-dealkylation sites (tertiary alicyclic amines) is 1. The van der Waals surface area contributed by atoms with Crippen LogP contribution in [-0.4, -0.2) is 44.4 Å². The summed E-state index contributed by atoms with van der Waals surface area (Å²) < 4.78 is 10.8. The number of nitrogens with zero attached hydrogens (tertiary/aromatic N) is 1. The third-order valence-electron chi connectivity index (χ3n) is 4.77. The second-order valence-electron chi connectivity index (χ2n) is 5.86. The summed E-state index contributed by atoms with van der Waals surface area (Å²) in [5.41, 5.74) is 9.10. The van der Waals surface area contributed by atoms with Crippen molar-refractivity contribution in [2.45, 2.75) is 37.5 Å². The summed E-state index contributed by atoms with van der Waals surface area (Å²) in [6, 6.07) is 6.76. The molecule has 0 spiro atoms. The van der Waals surface area contributed by atoms with Crippen molar-refractivity contribution in [1.82, 2.24) is 4.90 Å². The van der Waals surface area contributed by atoms with Gasteiger partial charge in [0.1, 0.15) is 5.75 Å². The average molecular weight is 276 g/mol. The molecule has 0 aromatic heterocycles. The molecule has 2 N–H and O–H groups in total. The van der Waals surface area contributed by atoms with E-state index in [4.69, 9.17) is 15.2 Å². The number of benzene rings is 1. The summed E-state index contributed by atoms with van der Waals surface area (Å²) in [7, 11) is 3.51. The van der Waals surface area contributed by atoms with E-state index in [9.17, 15) is 0 Å². The average Bonchev–Trinajstić information content (AvgIpc) is 2.84. The Labute approximate surface area is 120 Å². The minimum Gasteiger partial charge on any atom is -0.497 e. The van der Waals surface area contributed by atoms with Crippen LogP contribution in [0.5, 0.6) is 5.75 Å². The van der Waals surface area contributed by atoms with Crippen LogP contribution in [0.1, 0.15) is 30.0 Å². The zero-order valence-electron chi connectivity index (χ0n) is 12.3. The van der Waals surface area contributed by atoms with Gasteiger partial charge in [0.05, 0.1) is 13.2 Å². The van der Waals surface area contributed by atoms with E-state index in [1.54, 1.807) is 7.11 Å². The van der Waals surface area contributed by atoms with Gasteiger partial charge in [-0.15, -0.1) is 0 Å².